The molecule has 0 spiro atoms. The maximum absolute atomic E-state index is 3.20. The van der Waals surface area contributed by atoms with Gasteiger partial charge in [-0.2, -0.15) is 0 Å². The van der Waals surface area contributed by atoms with E-state index in [1.807, 2.05) is 0 Å². The van der Waals surface area contributed by atoms with Crippen LogP contribution in [-0.4, -0.2) is 11.6 Å². The van der Waals surface area contributed by atoms with E-state index in [1.165, 1.54) is 12.8 Å². The van der Waals surface area contributed by atoms with Crippen molar-refractivity contribution in [2.75, 3.05) is 0 Å². The van der Waals surface area contributed by atoms with Crippen molar-refractivity contribution in [3.63, 3.8) is 0 Å². The Hall–Kier alpha value is 1.49. The molecule has 3 heteroatoms. The van der Waals surface area contributed by atoms with E-state index < -0.39 is 0 Å². The fourth-order valence-corrected chi connectivity index (χ4v) is 0. The van der Waals surface area contributed by atoms with Gasteiger partial charge in [-0.1, -0.05) is 26.7 Å². The second kappa shape index (κ2) is 15.6. The summed E-state index contributed by atoms with van der Waals surface area (Å²) in [7, 11) is 0. The van der Waals surface area contributed by atoms with E-state index in [0.29, 0.717) is 0 Å². The summed E-state index contributed by atoms with van der Waals surface area (Å²) in [5.74, 6) is 0. The van der Waals surface area contributed by atoms with E-state index >= 15 is 0 Å². The largest absolute Gasteiger partial charge is 0.435 e. The second-order valence-electron chi connectivity index (χ2n) is 1.10. The molecule has 0 saturated carbocycles. The van der Waals surface area contributed by atoms with Crippen LogP contribution in [0.5, 0.6) is 0 Å². The molecule has 0 bridgehead atoms. The lowest BCUT2D eigenvalue weighted by Crippen LogP contribution is -1.47. The SMILES string of the molecule is CCCC.[Br][AlH][Br]. The average Bonchev–Trinajstić information content (AvgIpc) is 1.69. The highest BCUT2D eigenvalue weighted by atomic mass is 79.9. The first-order chi connectivity index (χ1) is 3.33. The van der Waals surface area contributed by atoms with Crippen LogP contribution in [0.25, 0.3) is 0 Å². The first-order valence-corrected chi connectivity index (χ1v) is 10.2. The lowest BCUT2D eigenvalue weighted by atomic mass is 10.4. The minimum absolute atomic E-state index is 0.0417. The van der Waals surface area contributed by atoms with Crippen LogP contribution in [0.15, 0.2) is 0 Å². The Morgan fingerprint density at radius 2 is 1.29 bits per heavy atom. The van der Waals surface area contributed by atoms with Gasteiger partial charge in [0, 0.05) is 0 Å². The zero-order chi connectivity index (χ0) is 6.12. The first-order valence-electron chi connectivity index (χ1n) is 2.45. The van der Waals surface area contributed by atoms with Crippen LogP contribution >= 0.6 is 28.1 Å². The summed E-state index contributed by atoms with van der Waals surface area (Å²) >= 11 is 6.44. The van der Waals surface area contributed by atoms with Crippen molar-refractivity contribution < 1.29 is 0 Å². The Balaban J connectivity index is 0. The molecule has 44 valence electrons. The summed E-state index contributed by atoms with van der Waals surface area (Å²) in [6.07, 6.45) is 2.64. The molecular formula is C4H11AlBr2. The van der Waals surface area contributed by atoms with E-state index in [4.69, 9.17) is 0 Å². The Bertz CT molecular complexity index is 17.2. The van der Waals surface area contributed by atoms with Crippen LogP contribution in [0.3, 0.4) is 0 Å². The summed E-state index contributed by atoms with van der Waals surface area (Å²) in [5.41, 5.74) is 0. The Kier molecular flexibility index (Phi) is 25.3. The zero-order valence-corrected chi connectivity index (χ0v) is 9.46. The van der Waals surface area contributed by atoms with Crippen molar-refractivity contribution in [2.24, 2.45) is 0 Å². The van der Waals surface area contributed by atoms with Crippen LogP contribution in [0.2, 0.25) is 0 Å². The van der Waals surface area contributed by atoms with Gasteiger partial charge in [0.15, 0.2) is 0 Å². The van der Waals surface area contributed by atoms with E-state index in [0.717, 1.165) is 0 Å². The summed E-state index contributed by atoms with van der Waals surface area (Å²) in [5, 5.41) is 0. The number of halogens is 2. The molecule has 0 aliphatic heterocycles. The molecule has 0 aliphatic rings. The van der Waals surface area contributed by atoms with Crippen LogP contribution < -0.4 is 0 Å². The number of hydrogen-bond donors (Lipinski definition) is 0. The lowest BCUT2D eigenvalue weighted by Gasteiger charge is -1.68. The molecule has 0 aromatic carbocycles. The molecule has 0 rings (SSSR count). The summed E-state index contributed by atoms with van der Waals surface area (Å²) < 4.78 is 0. The third kappa shape index (κ3) is 36.4. The van der Waals surface area contributed by atoms with Gasteiger partial charge in [0.05, 0.1) is 0 Å². The minimum atomic E-state index is 0.0417. The molecule has 0 saturated heterocycles. The first kappa shape index (κ1) is 11.3. The third-order valence-corrected chi connectivity index (χ3v) is 0.500. The maximum Gasteiger partial charge on any atom is 0.435 e. The summed E-state index contributed by atoms with van der Waals surface area (Å²) in [6, 6.07) is 0. The fourth-order valence-electron chi connectivity index (χ4n) is 0. The second-order valence-corrected chi connectivity index (χ2v) is 9.18. The number of hydrogen-bond acceptors (Lipinski definition) is 0. The lowest BCUT2D eigenvalue weighted by molar-refractivity contribution is 0.886. The molecular weight excluding hydrogens is 235 g/mol. The van der Waals surface area contributed by atoms with Crippen molar-refractivity contribution in [1.82, 2.24) is 0 Å². The van der Waals surface area contributed by atoms with Crippen LogP contribution in [0, 0.1) is 0 Å². The monoisotopic (exact) mass is 244 g/mol. The van der Waals surface area contributed by atoms with Crippen LogP contribution in [0.1, 0.15) is 26.7 Å². The van der Waals surface area contributed by atoms with Gasteiger partial charge in [-0.05, 0) is 0 Å². The standard InChI is InChI=1S/C4H10.Al.2BrH.H/c1-3-4-2;;;;/h3-4H2,1-2H3;;2*1H;/q;+2;;;/p-2. The number of rotatable bonds is 1. The van der Waals surface area contributed by atoms with E-state index in [9.17, 15) is 0 Å². The summed E-state index contributed by atoms with van der Waals surface area (Å²) in [4.78, 5) is 0. The smallest absolute Gasteiger partial charge is 0.203 e. The maximum atomic E-state index is 3.20. The molecule has 0 atom stereocenters. The van der Waals surface area contributed by atoms with Crippen molar-refractivity contribution in [1.29, 1.82) is 0 Å². The summed E-state index contributed by atoms with van der Waals surface area (Å²) in [6.45, 7) is 4.36. The normalized spacial score (nSPS) is 6.29. The highest BCUT2D eigenvalue weighted by Crippen LogP contribution is 1.78. The van der Waals surface area contributed by atoms with Crippen molar-refractivity contribution in [3.8, 4) is 0 Å². The predicted octanol–water partition coefficient (Wildman–Crippen LogP) is 2.85. The minimum Gasteiger partial charge on any atom is -0.203 e. The van der Waals surface area contributed by atoms with Gasteiger partial charge in [0.1, 0.15) is 0 Å². The van der Waals surface area contributed by atoms with Crippen molar-refractivity contribution in [3.05, 3.63) is 0 Å². The van der Waals surface area contributed by atoms with Crippen molar-refractivity contribution >= 4 is 39.7 Å². The zero-order valence-electron chi connectivity index (χ0n) is 4.88. The van der Waals surface area contributed by atoms with Gasteiger partial charge in [-0.15, -0.1) is 0 Å². The Morgan fingerprint density at radius 1 is 1.14 bits per heavy atom. The van der Waals surface area contributed by atoms with E-state index in [-0.39, 0.29) is 11.6 Å². The molecule has 0 radical (unpaired) electrons. The molecule has 0 unspecified atom stereocenters. The average molecular weight is 246 g/mol. The highest BCUT2D eigenvalue weighted by Gasteiger charge is 1.57. The van der Waals surface area contributed by atoms with Gasteiger partial charge in [-0.25, -0.2) is 28.1 Å². The molecule has 0 aliphatic carbocycles. The molecule has 0 amide bonds. The van der Waals surface area contributed by atoms with Gasteiger partial charge in [0.2, 0.25) is 0 Å². The molecule has 0 fully saturated rings. The van der Waals surface area contributed by atoms with Crippen LogP contribution in [-0.2, 0) is 0 Å². The Labute approximate surface area is 66.1 Å². The fraction of sp³-hybridized carbons (Fsp3) is 1.00. The highest BCUT2D eigenvalue weighted by molar-refractivity contribution is 9.47. The van der Waals surface area contributed by atoms with E-state index in [1.54, 1.807) is 0 Å². The topological polar surface area (TPSA) is 0 Å². The van der Waals surface area contributed by atoms with Crippen molar-refractivity contribution in [2.45, 2.75) is 26.7 Å². The molecule has 7 heavy (non-hydrogen) atoms. The van der Waals surface area contributed by atoms with Gasteiger partial charge >= 0.3 is 11.6 Å². The van der Waals surface area contributed by atoms with Gasteiger partial charge in [-0.3, -0.25) is 0 Å². The van der Waals surface area contributed by atoms with Gasteiger partial charge in [0.25, 0.3) is 0 Å². The van der Waals surface area contributed by atoms with Crippen LogP contribution in [0.4, 0.5) is 0 Å². The third-order valence-electron chi connectivity index (χ3n) is 0.500. The molecule has 0 aromatic heterocycles. The predicted molar refractivity (Wildman–Crippen MR) is 45.6 cm³/mol. The number of unbranched alkanes of at least 4 members (excludes halogenated alkanes) is 1. The molecule has 0 heterocycles. The Morgan fingerprint density at radius 3 is 1.29 bits per heavy atom. The molecule has 0 N–H and O–H groups in total. The van der Waals surface area contributed by atoms with E-state index in [2.05, 4.69) is 42.0 Å². The molecule has 0 aromatic rings. The quantitative estimate of drug-likeness (QED) is 0.624. The van der Waals surface area contributed by atoms with Gasteiger partial charge < -0.3 is 0 Å². The molecule has 0 nitrogen and oxygen atoms in total.